The lowest BCUT2D eigenvalue weighted by Crippen LogP contribution is -2.19. The average molecular weight is 303 g/mol. The maximum atomic E-state index is 5.85. The van der Waals surface area contributed by atoms with E-state index >= 15 is 0 Å². The molecule has 1 aliphatic heterocycles. The third-order valence-corrected chi connectivity index (χ3v) is 4.44. The van der Waals surface area contributed by atoms with Gasteiger partial charge in [0.15, 0.2) is 0 Å². The lowest BCUT2D eigenvalue weighted by molar-refractivity contribution is 0.569. The van der Waals surface area contributed by atoms with Crippen LogP contribution >= 0.6 is 27.5 Å². The van der Waals surface area contributed by atoms with E-state index < -0.39 is 0 Å². The number of hydrogen-bond acceptors (Lipinski definition) is 1. The Morgan fingerprint density at radius 2 is 2.31 bits per heavy atom. The van der Waals surface area contributed by atoms with Crippen LogP contribution in [0.3, 0.4) is 0 Å². The molecule has 88 valence electrons. The second-order valence-corrected chi connectivity index (χ2v) is 5.54. The summed E-state index contributed by atoms with van der Waals surface area (Å²) in [6, 6.07) is 6.49. The maximum Gasteiger partial charge on any atom is 0.0485 e. The lowest BCUT2D eigenvalue weighted by Gasteiger charge is -2.19. The van der Waals surface area contributed by atoms with Crippen molar-refractivity contribution in [3.63, 3.8) is 0 Å². The summed E-state index contributed by atoms with van der Waals surface area (Å²) >= 11 is 9.42. The summed E-state index contributed by atoms with van der Waals surface area (Å²) in [5.41, 5.74) is 2.48. The van der Waals surface area contributed by atoms with E-state index in [9.17, 15) is 0 Å². The van der Waals surface area contributed by atoms with Crippen molar-refractivity contribution in [3.8, 4) is 0 Å². The van der Waals surface area contributed by atoms with Gasteiger partial charge in [0.25, 0.3) is 0 Å². The van der Waals surface area contributed by atoms with Gasteiger partial charge in [0.1, 0.15) is 0 Å². The quantitative estimate of drug-likeness (QED) is 0.747. The summed E-state index contributed by atoms with van der Waals surface area (Å²) < 4.78 is 1.12. The Labute approximate surface area is 111 Å². The highest BCUT2D eigenvalue weighted by Gasteiger charge is 2.21. The molecular formula is C13H17BrClN. The highest BCUT2D eigenvalue weighted by Crippen LogP contribution is 2.29. The van der Waals surface area contributed by atoms with E-state index in [1.807, 2.05) is 0 Å². The first-order valence-corrected chi connectivity index (χ1v) is 7.16. The summed E-state index contributed by atoms with van der Waals surface area (Å²) in [7, 11) is 0. The van der Waals surface area contributed by atoms with Gasteiger partial charge in [-0.2, -0.15) is 0 Å². The smallest absolute Gasteiger partial charge is 0.0485 e. The predicted molar refractivity (Wildman–Crippen MR) is 74.3 cm³/mol. The van der Waals surface area contributed by atoms with Crippen LogP contribution in [0, 0.1) is 5.92 Å². The van der Waals surface area contributed by atoms with Crippen LogP contribution in [-0.4, -0.2) is 13.1 Å². The summed E-state index contributed by atoms with van der Waals surface area (Å²) in [6.45, 7) is 4.66. The van der Waals surface area contributed by atoms with Crippen LogP contribution in [0.1, 0.15) is 25.3 Å². The van der Waals surface area contributed by atoms with E-state index in [0.29, 0.717) is 5.88 Å². The minimum absolute atomic E-state index is 0.568. The molecule has 1 saturated heterocycles. The Morgan fingerprint density at radius 3 is 2.88 bits per heavy atom. The van der Waals surface area contributed by atoms with E-state index in [1.165, 1.54) is 31.6 Å². The van der Waals surface area contributed by atoms with Gasteiger partial charge in [0, 0.05) is 29.1 Å². The molecule has 1 aromatic carbocycles. The Morgan fingerprint density at radius 1 is 1.50 bits per heavy atom. The van der Waals surface area contributed by atoms with Crippen LogP contribution < -0.4 is 4.90 Å². The maximum absolute atomic E-state index is 5.85. The third kappa shape index (κ3) is 2.54. The Bertz CT molecular complexity index is 367. The Kier molecular flexibility index (Phi) is 4.15. The minimum Gasteiger partial charge on any atom is -0.371 e. The molecule has 0 amide bonds. The molecule has 1 unspecified atom stereocenters. The SMILES string of the molecule is CCC1CCN(c2ccc(CCl)c(Br)c2)C1. The Hall–Kier alpha value is -0.210. The largest absolute Gasteiger partial charge is 0.371 e. The molecule has 16 heavy (non-hydrogen) atoms. The van der Waals surface area contributed by atoms with Gasteiger partial charge in [0.05, 0.1) is 0 Å². The molecule has 0 spiro atoms. The molecular weight excluding hydrogens is 286 g/mol. The Balaban J connectivity index is 2.13. The van der Waals surface area contributed by atoms with Crippen LogP contribution in [0.5, 0.6) is 0 Å². The molecule has 0 aliphatic carbocycles. The molecule has 0 aromatic heterocycles. The van der Waals surface area contributed by atoms with Gasteiger partial charge in [-0.25, -0.2) is 0 Å². The molecule has 1 aromatic rings. The number of alkyl halides is 1. The number of nitrogens with zero attached hydrogens (tertiary/aromatic N) is 1. The average Bonchev–Trinajstić information content (AvgIpc) is 2.77. The standard InChI is InChI=1S/C13H17BrClN/c1-2-10-5-6-16(9-10)12-4-3-11(8-15)13(14)7-12/h3-4,7,10H,2,5-6,8-9H2,1H3. The number of rotatable bonds is 3. The zero-order chi connectivity index (χ0) is 11.5. The molecule has 0 bridgehead atoms. The van der Waals surface area contributed by atoms with Gasteiger partial charge in [-0.3, -0.25) is 0 Å². The molecule has 3 heteroatoms. The highest BCUT2D eigenvalue weighted by atomic mass is 79.9. The minimum atomic E-state index is 0.568. The van der Waals surface area contributed by atoms with Crippen LogP contribution in [0.25, 0.3) is 0 Å². The van der Waals surface area contributed by atoms with E-state index in [1.54, 1.807) is 0 Å². The molecule has 1 aliphatic rings. The van der Waals surface area contributed by atoms with Crippen molar-refractivity contribution in [2.75, 3.05) is 18.0 Å². The molecule has 0 radical (unpaired) electrons. The predicted octanol–water partition coefficient (Wildman–Crippen LogP) is 4.42. The first-order chi connectivity index (χ1) is 7.74. The molecule has 2 rings (SSSR count). The molecule has 0 N–H and O–H groups in total. The van der Waals surface area contributed by atoms with Crippen molar-refractivity contribution in [2.24, 2.45) is 5.92 Å². The van der Waals surface area contributed by atoms with Crippen molar-refractivity contribution in [1.29, 1.82) is 0 Å². The molecule has 1 atom stereocenters. The highest BCUT2D eigenvalue weighted by molar-refractivity contribution is 9.10. The third-order valence-electron chi connectivity index (χ3n) is 3.41. The fourth-order valence-electron chi connectivity index (χ4n) is 2.24. The van der Waals surface area contributed by atoms with Crippen LogP contribution in [0.2, 0.25) is 0 Å². The van der Waals surface area contributed by atoms with Gasteiger partial charge >= 0.3 is 0 Å². The fraction of sp³-hybridized carbons (Fsp3) is 0.538. The van der Waals surface area contributed by atoms with Gasteiger partial charge in [-0.15, -0.1) is 11.6 Å². The monoisotopic (exact) mass is 301 g/mol. The number of benzene rings is 1. The summed E-state index contributed by atoms with van der Waals surface area (Å²) in [5, 5.41) is 0. The van der Waals surface area contributed by atoms with Crippen molar-refractivity contribution >= 4 is 33.2 Å². The van der Waals surface area contributed by atoms with Crippen molar-refractivity contribution in [2.45, 2.75) is 25.6 Å². The van der Waals surface area contributed by atoms with E-state index in [4.69, 9.17) is 11.6 Å². The van der Waals surface area contributed by atoms with Gasteiger partial charge in [-0.05, 0) is 30.0 Å². The normalized spacial score (nSPS) is 20.4. The summed E-state index contributed by atoms with van der Waals surface area (Å²) in [5.74, 6) is 1.44. The van der Waals surface area contributed by atoms with E-state index in [0.717, 1.165) is 16.0 Å². The summed E-state index contributed by atoms with van der Waals surface area (Å²) in [6.07, 6.45) is 2.61. The van der Waals surface area contributed by atoms with Crippen LogP contribution in [-0.2, 0) is 5.88 Å². The van der Waals surface area contributed by atoms with Gasteiger partial charge in [-0.1, -0.05) is 35.3 Å². The van der Waals surface area contributed by atoms with E-state index in [2.05, 4.69) is 46.0 Å². The van der Waals surface area contributed by atoms with Crippen LogP contribution in [0.4, 0.5) is 5.69 Å². The summed E-state index contributed by atoms with van der Waals surface area (Å²) in [4.78, 5) is 2.47. The van der Waals surface area contributed by atoms with Crippen molar-refractivity contribution in [1.82, 2.24) is 0 Å². The topological polar surface area (TPSA) is 3.24 Å². The molecule has 1 heterocycles. The molecule has 1 fully saturated rings. The van der Waals surface area contributed by atoms with Gasteiger partial charge < -0.3 is 4.90 Å². The second-order valence-electron chi connectivity index (χ2n) is 4.42. The van der Waals surface area contributed by atoms with Crippen molar-refractivity contribution in [3.05, 3.63) is 28.2 Å². The zero-order valence-electron chi connectivity index (χ0n) is 9.55. The zero-order valence-corrected chi connectivity index (χ0v) is 11.9. The van der Waals surface area contributed by atoms with Crippen LogP contribution in [0.15, 0.2) is 22.7 Å². The van der Waals surface area contributed by atoms with E-state index in [-0.39, 0.29) is 0 Å². The molecule has 1 nitrogen and oxygen atoms in total. The number of anilines is 1. The fourth-order valence-corrected chi connectivity index (χ4v) is 3.14. The first kappa shape index (κ1) is 12.3. The first-order valence-electron chi connectivity index (χ1n) is 5.84. The van der Waals surface area contributed by atoms with Gasteiger partial charge in [0.2, 0.25) is 0 Å². The lowest BCUT2D eigenvalue weighted by atomic mass is 10.1. The second kappa shape index (κ2) is 5.42. The number of hydrogen-bond donors (Lipinski definition) is 0. The van der Waals surface area contributed by atoms with Crippen molar-refractivity contribution < 1.29 is 0 Å². The molecule has 0 saturated carbocycles. The number of halogens is 2.